The van der Waals surface area contributed by atoms with Gasteiger partial charge in [0.25, 0.3) is 0 Å². The van der Waals surface area contributed by atoms with Gasteiger partial charge in [-0.25, -0.2) is 4.98 Å². The van der Waals surface area contributed by atoms with E-state index >= 15 is 0 Å². The molecular weight excluding hydrogens is 282 g/mol. The molecular formula is C17H16ClN3. The zero-order valence-electron chi connectivity index (χ0n) is 11.6. The van der Waals surface area contributed by atoms with Gasteiger partial charge in [-0.3, -0.25) is 0 Å². The van der Waals surface area contributed by atoms with E-state index in [4.69, 9.17) is 17.3 Å². The molecule has 21 heavy (non-hydrogen) atoms. The molecule has 0 saturated heterocycles. The Morgan fingerprint density at radius 2 is 2.00 bits per heavy atom. The highest BCUT2D eigenvalue weighted by atomic mass is 35.5. The highest BCUT2D eigenvalue weighted by Gasteiger charge is 2.25. The lowest BCUT2D eigenvalue weighted by molar-refractivity contribution is 0.504. The normalized spacial score (nSPS) is 17.9. The van der Waals surface area contributed by atoms with Gasteiger partial charge in [0.2, 0.25) is 5.95 Å². The molecule has 0 saturated carbocycles. The van der Waals surface area contributed by atoms with Crippen molar-refractivity contribution in [2.24, 2.45) is 0 Å². The number of anilines is 1. The third kappa shape index (κ3) is 1.92. The van der Waals surface area contributed by atoms with Crippen LogP contribution >= 0.6 is 11.6 Å². The molecule has 1 atom stereocenters. The van der Waals surface area contributed by atoms with Crippen molar-refractivity contribution in [3.63, 3.8) is 0 Å². The van der Waals surface area contributed by atoms with Crippen LogP contribution in [0, 0.1) is 0 Å². The third-order valence-corrected chi connectivity index (χ3v) is 4.65. The Labute approximate surface area is 128 Å². The second-order valence-electron chi connectivity index (χ2n) is 5.55. The molecule has 1 unspecified atom stereocenters. The van der Waals surface area contributed by atoms with E-state index in [1.165, 1.54) is 17.5 Å². The summed E-state index contributed by atoms with van der Waals surface area (Å²) in [4.78, 5) is 4.47. The van der Waals surface area contributed by atoms with E-state index in [-0.39, 0.29) is 6.04 Å². The maximum atomic E-state index is 6.25. The predicted octanol–water partition coefficient (Wildman–Crippen LogP) is 4.20. The molecule has 3 nitrogen and oxygen atoms in total. The number of aromatic nitrogens is 2. The first-order chi connectivity index (χ1) is 10.3. The fourth-order valence-electron chi connectivity index (χ4n) is 3.42. The van der Waals surface area contributed by atoms with Gasteiger partial charge in [0, 0.05) is 0 Å². The molecule has 0 amide bonds. The molecule has 4 rings (SSSR count). The maximum Gasteiger partial charge on any atom is 0.201 e. The summed E-state index contributed by atoms with van der Waals surface area (Å²) < 4.78 is 2.14. The molecule has 2 N–H and O–H groups in total. The minimum Gasteiger partial charge on any atom is -0.369 e. The van der Waals surface area contributed by atoms with Crippen LogP contribution in [0.25, 0.3) is 11.0 Å². The standard InChI is InChI=1S/C17H16ClN3/c18-13-8-4-10-15-16(13)20-17(19)21(15)14-9-3-6-11-5-1-2-7-12(11)14/h1-2,4-5,7-8,10,14H,3,6,9H2,(H2,19,20). The van der Waals surface area contributed by atoms with Crippen LogP contribution in [0.5, 0.6) is 0 Å². The minimum atomic E-state index is 0.249. The first kappa shape index (κ1) is 12.7. The van der Waals surface area contributed by atoms with Gasteiger partial charge in [-0.2, -0.15) is 0 Å². The lowest BCUT2D eigenvalue weighted by Gasteiger charge is -2.27. The monoisotopic (exact) mass is 297 g/mol. The molecule has 3 aromatic rings. The van der Waals surface area contributed by atoms with E-state index in [9.17, 15) is 0 Å². The van der Waals surface area contributed by atoms with E-state index in [1.54, 1.807) is 0 Å². The van der Waals surface area contributed by atoms with Crippen LogP contribution in [0.2, 0.25) is 5.02 Å². The lowest BCUT2D eigenvalue weighted by atomic mass is 9.87. The van der Waals surface area contributed by atoms with Crippen LogP contribution in [-0.4, -0.2) is 9.55 Å². The lowest BCUT2D eigenvalue weighted by Crippen LogP contribution is -2.18. The Bertz CT molecular complexity index is 822. The number of nitrogens with two attached hydrogens (primary N) is 1. The Balaban J connectivity index is 1.96. The summed E-state index contributed by atoms with van der Waals surface area (Å²) in [7, 11) is 0. The van der Waals surface area contributed by atoms with Crippen molar-refractivity contribution in [2.75, 3.05) is 5.73 Å². The van der Waals surface area contributed by atoms with Gasteiger partial charge in [-0.15, -0.1) is 0 Å². The fraction of sp³-hybridized carbons (Fsp3) is 0.235. The number of fused-ring (bicyclic) bond motifs is 2. The summed E-state index contributed by atoms with van der Waals surface area (Å²) in [6, 6.07) is 14.7. The summed E-state index contributed by atoms with van der Waals surface area (Å²) in [5.41, 5.74) is 10.8. The summed E-state index contributed by atoms with van der Waals surface area (Å²) >= 11 is 6.25. The molecule has 1 aromatic heterocycles. The molecule has 0 bridgehead atoms. The van der Waals surface area contributed by atoms with Gasteiger partial charge in [-0.05, 0) is 42.5 Å². The second-order valence-corrected chi connectivity index (χ2v) is 5.96. The number of rotatable bonds is 1. The van der Waals surface area contributed by atoms with E-state index < -0.39 is 0 Å². The molecule has 1 aliphatic rings. The quantitative estimate of drug-likeness (QED) is 0.731. The molecule has 0 spiro atoms. The van der Waals surface area contributed by atoms with Crippen LogP contribution in [0.1, 0.15) is 30.0 Å². The van der Waals surface area contributed by atoms with Crippen molar-refractivity contribution in [3.05, 3.63) is 58.6 Å². The zero-order valence-corrected chi connectivity index (χ0v) is 12.3. The highest BCUT2D eigenvalue weighted by molar-refractivity contribution is 6.35. The first-order valence-electron chi connectivity index (χ1n) is 7.25. The second kappa shape index (κ2) is 4.78. The smallest absolute Gasteiger partial charge is 0.201 e. The topological polar surface area (TPSA) is 43.8 Å². The Hall–Kier alpha value is -2.00. The maximum absolute atomic E-state index is 6.25. The van der Waals surface area contributed by atoms with Gasteiger partial charge in [0.1, 0.15) is 5.52 Å². The molecule has 4 heteroatoms. The third-order valence-electron chi connectivity index (χ3n) is 4.35. The number of hydrogen-bond acceptors (Lipinski definition) is 2. The SMILES string of the molecule is Nc1nc2c(Cl)cccc2n1C1CCCc2ccccc21. The minimum absolute atomic E-state index is 0.249. The number of benzene rings is 2. The van der Waals surface area contributed by atoms with E-state index in [2.05, 4.69) is 33.8 Å². The number of nitrogen functional groups attached to an aromatic ring is 1. The van der Waals surface area contributed by atoms with Crippen molar-refractivity contribution >= 4 is 28.6 Å². The number of nitrogens with zero attached hydrogens (tertiary/aromatic N) is 2. The number of para-hydroxylation sites is 1. The van der Waals surface area contributed by atoms with Crippen LogP contribution in [0.4, 0.5) is 5.95 Å². The number of imidazole rings is 1. The molecule has 0 radical (unpaired) electrons. The van der Waals surface area contributed by atoms with Crippen molar-refractivity contribution < 1.29 is 0 Å². The first-order valence-corrected chi connectivity index (χ1v) is 7.63. The van der Waals surface area contributed by atoms with Crippen molar-refractivity contribution in [3.8, 4) is 0 Å². The van der Waals surface area contributed by atoms with Crippen LogP contribution in [0.3, 0.4) is 0 Å². The largest absolute Gasteiger partial charge is 0.369 e. The van der Waals surface area contributed by atoms with E-state index in [1.807, 2.05) is 18.2 Å². The number of aryl methyl sites for hydroxylation is 1. The summed E-state index contributed by atoms with van der Waals surface area (Å²) in [5.74, 6) is 0.541. The van der Waals surface area contributed by atoms with E-state index in [0.29, 0.717) is 11.0 Å². The summed E-state index contributed by atoms with van der Waals surface area (Å²) in [6.07, 6.45) is 3.39. The van der Waals surface area contributed by atoms with Crippen molar-refractivity contribution in [1.29, 1.82) is 0 Å². The van der Waals surface area contributed by atoms with Gasteiger partial charge >= 0.3 is 0 Å². The Morgan fingerprint density at radius 3 is 2.90 bits per heavy atom. The highest BCUT2D eigenvalue weighted by Crippen LogP contribution is 2.37. The molecule has 1 aliphatic carbocycles. The van der Waals surface area contributed by atoms with Gasteiger partial charge in [0.15, 0.2) is 0 Å². The van der Waals surface area contributed by atoms with Crippen molar-refractivity contribution in [2.45, 2.75) is 25.3 Å². The van der Waals surface area contributed by atoms with Crippen LogP contribution in [-0.2, 0) is 6.42 Å². The van der Waals surface area contributed by atoms with Gasteiger partial charge in [-0.1, -0.05) is 41.9 Å². The van der Waals surface area contributed by atoms with Crippen LogP contribution in [0.15, 0.2) is 42.5 Å². The predicted molar refractivity (Wildman–Crippen MR) is 86.7 cm³/mol. The molecule has 1 heterocycles. The number of hydrogen-bond donors (Lipinski definition) is 1. The van der Waals surface area contributed by atoms with E-state index in [0.717, 1.165) is 23.9 Å². The molecule has 0 fully saturated rings. The average Bonchev–Trinajstić information content (AvgIpc) is 2.84. The molecule has 106 valence electrons. The van der Waals surface area contributed by atoms with Gasteiger partial charge < -0.3 is 10.3 Å². The van der Waals surface area contributed by atoms with Gasteiger partial charge in [0.05, 0.1) is 16.6 Å². The summed E-state index contributed by atoms with van der Waals surface area (Å²) in [6.45, 7) is 0. The summed E-state index contributed by atoms with van der Waals surface area (Å²) in [5, 5.41) is 0.655. The fourth-order valence-corrected chi connectivity index (χ4v) is 3.64. The average molecular weight is 298 g/mol. The molecule has 0 aliphatic heterocycles. The number of halogens is 1. The van der Waals surface area contributed by atoms with Crippen LogP contribution < -0.4 is 5.73 Å². The Morgan fingerprint density at radius 1 is 1.14 bits per heavy atom. The zero-order chi connectivity index (χ0) is 14.4. The molecule has 2 aromatic carbocycles. The Kier molecular flexibility index (Phi) is 2.89. The van der Waals surface area contributed by atoms with Crippen molar-refractivity contribution in [1.82, 2.24) is 9.55 Å².